The van der Waals surface area contributed by atoms with Crippen LogP contribution in [0.15, 0.2) is 67.0 Å². The minimum atomic E-state index is -0.283. The molecule has 0 saturated carbocycles. The molecule has 2 heterocycles. The third kappa shape index (κ3) is 3.84. The number of nitrogen functional groups attached to an aromatic ring is 1. The molecule has 0 atom stereocenters. The summed E-state index contributed by atoms with van der Waals surface area (Å²) >= 11 is 5.88. The van der Waals surface area contributed by atoms with Crippen molar-refractivity contribution in [2.45, 2.75) is 0 Å². The highest BCUT2D eigenvalue weighted by atomic mass is 35.5. The molecular weight excluding hydrogens is 376 g/mol. The summed E-state index contributed by atoms with van der Waals surface area (Å²) in [5, 5.41) is 7.43. The Kier molecular flexibility index (Phi) is 4.74. The molecule has 0 saturated heterocycles. The van der Waals surface area contributed by atoms with E-state index in [9.17, 15) is 4.79 Å². The van der Waals surface area contributed by atoms with Crippen molar-refractivity contribution < 1.29 is 4.79 Å². The molecule has 0 radical (unpaired) electrons. The Hall–Kier alpha value is -3.71. The van der Waals surface area contributed by atoms with E-state index in [4.69, 9.17) is 17.3 Å². The molecule has 0 aliphatic rings. The molecule has 0 aliphatic carbocycles. The summed E-state index contributed by atoms with van der Waals surface area (Å²) in [7, 11) is 0. The molecule has 2 aromatic heterocycles. The van der Waals surface area contributed by atoms with Gasteiger partial charge in [-0.05, 0) is 54.6 Å². The van der Waals surface area contributed by atoms with Crippen LogP contribution in [-0.4, -0.2) is 20.9 Å². The molecule has 8 heteroatoms. The Balaban J connectivity index is 1.59. The molecule has 4 N–H and O–H groups in total. The molecule has 7 nitrogen and oxygen atoms in total. The molecule has 4 rings (SSSR count). The predicted molar refractivity (Wildman–Crippen MR) is 111 cm³/mol. The molecule has 2 aromatic carbocycles. The lowest BCUT2D eigenvalue weighted by Gasteiger charge is -2.12. The zero-order valence-electron chi connectivity index (χ0n) is 14.6. The second-order valence-corrected chi connectivity index (χ2v) is 6.42. The maximum Gasteiger partial charge on any atom is 0.259 e. The lowest BCUT2D eigenvalue weighted by molar-refractivity contribution is 0.102. The number of nitrogens with zero attached hydrogens (tertiary/aromatic N) is 3. The van der Waals surface area contributed by atoms with Gasteiger partial charge in [0.25, 0.3) is 5.91 Å². The number of pyridine rings is 1. The third-order valence-electron chi connectivity index (χ3n) is 4.02. The van der Waals surface area contributed by atoms with Crippen LogP contribution in [0.5, 0.6) is 0 Å². The van der Waals surface area contributed by atoms with Crippen molar-refractivity contribution in [1.29, 1.82) is 0 Å². The van der Waals surface area contributed by atoms with Crippen LogP contribution in [-0.2, 0) is 0 Å². The topological polar surface area (TPSA) is 106 Å². The fourth-order valence-corrected chi connectivity index (χ4v) is 2.81. The maximum absolute atomic E-state index is 12.7. The third-order valence-corrected chi connectivity index (χ3v) is 4.27. The highest BCUT2D eigenvalue weighted by Crippen LogP contribution is 2.23. The zero-order chi connectivity index (χ0) is 19.5. The van der Waals surface area contributed by atoms with Gasteiger partial charge in [-0.25, -0.2) is 15.0 Å². The van der Waals surface area contributed by atoms with E-state index >= 15 is 0 Å². The first-order valence-corrected chi connectivity index (χ1v) is 8.77. The smallest absolute Gasteiger partial charge is 0.259 e. The van der Waals surface area contributed by atoms with Gasteiger partial charge in [0.05, 0.1) is 11.1 Å². The van der Waals surface area contributed by atoms with Gasteiger partial charge in [-0.15, -0.1) is 0 Å². The number of carbonyl (C=O) groups excluding carboxylic acids is 1. The summed E-state index contributed by atoms with van der Waals surface area (Å²) in [4.78, 5) is 25.2. The number of fused-ring (bicyclic) bond motifs is 1. The summed E-state index contributed by atoms with van der Waals surface area (Å²) < 4.78 is 0. The lowest BCUT2D eigenvalue weighted by Crippen LogP contribution is -2.14. The van der Waals surface area contributed by atoms with Crippen molar-refractivity contribution in [1.82, 2.24) is 15.0 Å². The van der Waals surface area contributed by atoms with Crippen molar-refractivity contribution in [3.63, 3.8) is 0 Å². The first-order chi connectivity index (χ1) is 13.6. The van der Waals surface area contributed by atoms with Crippen molar-refractivity contribution >= 4 is 51.6 Å². The Morgan fingerprint density at radius 3 is 2.61 bits per heavy atom. The first-order valence-electron chi connectivity index (χ1n) is 8.40. The number of rotatable bonds is 4. The Morgan fingerprint density at radius 1 is 1.00 bits per heavy atom. The molecule has 138 valence electrons. The van der Waals surface area contributed by atoms with Gasteiger partial charge in [-0.2, -0.15) is 0 Å². The van der Waals surface area contributed by atoms with Gasteiger partial charge < -0.3 is 16.4 Å². The van der Waals surface area contributed by atoms with Crippen molar-refractivity contribution in [2.24, 2.45) is 0 Å². The van der Waals surface area contributed by atoms with Crippen molar-refractivity contribution in [3.8, 4) is 0 Å². The van der Waals surface area contributed by atoms with E-state index in [1.807, 2.05) is 18.2 Å². The van der Waals surface area contributed by atoms with Gasteiger partial charge in [-0.1, -0.05) is 11.6 Å². The van der Waals surface area contributed by atoms with E-state index in [1.54, 1.807) is 48.8 Å². The minimum Gasteiger partial charge on any atom is -0.368 e. The monoisotopic (exact) mass is 390 g/mol. The molecule has 1 amide bonds. The number of carbonyl (C=O) groups is 1. The fourth-order valence-electron chi connectivity index (χ4n) is 2.68. The van der Waals surface area contributed by atoms with Gasteiger partial charge in [-0.3, -0.25) is 4.79 Å². The standard InChI is InChI=1S/C20H15ClN6O/c21-13-3-5-14(6-4-13)26-19(28)16-2-1-9-23-18(16)25-15-7-8-17-12(10-15)11-24-20(22)27-17/h1-11H,(H,23,25)(H,26,28)(H2,22,24,27). The quantitative estimate of drug-likeness (QED) is 0.481. The SMILES string of the molecule is Nc1ncc2cc(Nc3ncccc3C(=O)Nc3ccc(Cl)cc3)ccc2n1. The number of amides is 1. The highest BCUT2D eigenvalue weighted by molar-refractivity contribution is 6.30. The predicted octanol–water partition coefficient (Wildman–Crippen LogP) is 4.26. The van der Waals surface area contributed by atoms with Crippen LogP contribution in [0.1, 0.15) is 10.4 Å². The van der Waals surface area contributed by atoms with Crippen molar-refractivity contribution in [2.75, 3.05) is 16.4 Å². The van der Waals surface area contributed by atoms with Gasteiger partial charge >= 0.3 is 0 Å². The normalized spacial score (nSPS) is 10.6. The first kappa shape index (κ1) is 17.7. The van der Waals surface area contributed by atoms with E-state index in [0.717, 1.165) is 16.6 Å². The second kappa shape index (κ2) is 7.50. The number of nitrogens with two attached hydrogens (primary N) is 1. The average molecular weight is 391 g/mol. The van der Waals surface area contributed by atoms with Crippen LogP contribution in [0, 0.1) is 0 Å². The summed E-state index contributed by atoms with van der Waals surface area (Å²) in [5.41, 5.74) is 8.15. The van der Waals surface area contributed by atoms with Gasteiger partial charge in [0, 0.05) is 34.2 Å². The largest absolute Gasteiger partial charge is 0.368 e. The number of anilines is 4. The van der Waals surface area contributed by atoms with E-state index in [0.29, 0.717) is 22.1 Å². The maximum atomic E-state index is 12.7. The lowest BCUT2D eigenvalue weighted by atomic mass is 10.2. The fraction of sp³-hybridized carbons (Fsp3) is 0. The van der Waals surface area contributed by atoms with Gasteiger partial charge in [0.2, 0.25) is 5.95 Å². The van der Waals surface area contributed by atoms with Crippen LogP contribution in [0.25, 0.3) is 10.9 Å². The number of aromatic nitrogens is 3. The van der Waals surface area contributed by atoms with Crippen LogP contribution < -0.4 is 16.4 Å². The van der Waals surface area contributed by atoms with Gasteiger partial charge in [0.1, 0.15) is 5.82 Å². The van der Waals surface area contributed by atoms with Crippen LogP contribution in [0.4, 0.5) is 23.1 Å². The summed E-state index contributed by atoms with van der Waals surface area (Å²) in [6.45, 7) is 0. The number of nitrogens with one attached hydrogen (secondary N) is 2. The average Bonchev–Trinajstić information content (AvgIpc) is 2.70. The summed E-state index contributed by atoms with van der Waals surface area (Å²) in [6, 6.07) is 15.8. The van der Waals surface area contributed by atoms with E-state index < -0.39 is 0 Å². The minimum absolute atomic E-state index is 0.221. The number of halogens is 1. The van der Waals surface area contributed by atoms with E-state index in [-0.39, 0.29) is 11.9 Å². The Labute approximate surface area is 165 Å². The molecule has 0 spiro atoms. The number of benzene rings is 2. The zero-order valence-corrected chi connectivity index (χ0v) is 15.3. The number of hydrogen-bond donors (Lipinski definition) is 3. The van der Waals surface area contributed by atoms with E-state index in [1.165, 1.54) is 0 Å². The molecule has 0 aliphatic heterocycles. The molecule has 0 bridgehead atoms. The molecular formula is C20H15ClN6O. The molecule has 28 heavy (non-hydrogen) atoms. The Morgan fingerprint density at radius 2 is 1.79 bits per heavy atom. The van der Waals surface area contributed by atoms with Crippen LogP contribution in [0.2, 0.25) is 5.02 Å². The molecule has 4 aromatic rings. The highest BCUT2D eigenvalue weighted by Gasteiger charge is 2.13. The Bertz CT molecular complexity index is 1160. The summed E-state index contributed by atoms with van der Waals surface area (Å²) in [5.74, 6) is 0.374. The van der Waals surface area contributed by atoms with Crippen LogP contribution >= 0.6 is 11.6 Å². The molecule has 0 fully saturated rings. The van der Waals surface area contributed by atoms with E-state index in [2.05, 4.69) is 25.6 Å². The van der Waals surface area contributed by atoms with Crippen LogP contribution in [0.3, 0.4) is 0 Å². The second-order valence-electron chi connectivity index (χ2n) is 5.99. The summed E-state index contributed by atoms with van der Waals surface area (Å²) in [6.07, 6.45) is 3.27. The van der Waals surface area contributed by atoms with Gasteiger partial charge in [0.15, 0.2) is 0 Å². The van der Waals surface area contributed by atoms with Crippen molar-refractivity contribution in [3.05, 3.63) is 77.6 Å². The molecule has 0 unspecified atom stereocenters. The number of hydrogen-bond acceptors (Lipinski definition) is 6.